The van der Waals surface area contributed by atoms with Crippen LogP contribution in [0.15, 0.2) is 24.3 Å². The SMILES string of the molecule is Cc1cccc(CN(C)C(=O)CCC2CCNCC2)c1.Cl. The van der Waals surface area contributed by atoms with Gasteiger partial charge < -0.3 is 10.2 Å². The van der Waals surface area contributed by atoms with Gasteiger partial charge in [-0.15, -0.1) is 12.4 Å². The van der Waals surface area contributed by atoms with Gasteiger partial charge in [0.1, 0.15) is 0 Å². The first-order valence-corrected chi connectivity index (χ1v) is 7.65. The third-order valence-electron chi connectivity index (χ3n) is 4.15. The number of amides is 1. The van der Waals surface area contributed by atoms with Crippen LogP contribution >= 0.6 is 12.4 Å². The zero-order valence-corrected chi connectivity index (χ0v) is 13.9. The summed E-state index contributed by atoms with van der Waals surface area (Å²) in [6.07, 6.45) is 4.16. The molecule has 1 aliphatic heterocycles. The molecular weight excluding hydrogens is 284 g/mol. The fourth-order valence-corrected chi connectivity index (χ4v) is 2.86. The number of nitrogens with zero attached hydrogens (tertiary/aromatic N) is 1. The summed E-state index contributed by atoms with van der Waals surface area (Å²) >= 11 is 0. The van der Waals surface area contributed by atoms with E-state index in [9.17, 15) is 4.79 Å². The summed E-state index contributed by atoms with van der Waals surface area (Å²) in [5, 5.41) is 3.37. The summed E-state index contributed by atoms with van der Waals surface area (Å²) in [7, 11) is 1.91. The van der Waals surface area contributed by atoms with E-state index in [-0.39, 0.29) is 18.3 Å². The molecule has 118 valence electrons. The summed E-state index contributed by atoms with van der Waals surface area (Å²) in [6, 6.07) is 8.38. The van der Waals surface area contributed by atoms with E-state index in [0.29, 0.717) is 13.0 Å². The van der Waals surface area contributed by atoms with Crippen molar-refractivity contribution in [2.45, 2.75) is 39.2 Å². The third-order valence-corrected chi connectivity index (χ3v) is 4.15. The second-order valence-electron chi connectivity index (χ2n) is 5.97. The molecule has 0 atom stereocenters. The van der Waals surface area contributed by atoms with E-state index in [1.165, 1.54) is 24.0 Å². The van der Waals surface area contributed by atoms with Crippen molar-refractivity contribution in [1.82, 2.24) is 10.2 Å². The molecule has 0 bridgehead atoms. The number of nitrogens with one attached hydrogen (secondary N) is 1. The van der Waals surface area contributed by atoms with Gasteiger partial charge in [0.2, 0.25) is 5.91 Å². The van der Waals surface area contributed by atoms with Crippen LogP contribution in [0.25, 0.3) is 0 Å². The first-order chi connectivity index (χ1) is 9.65. The lowest BCUT2D eigenvalue weighted by Crippen LogP contribution is -2.30. The molecule has 1 amide bonds. The van der Waals surface area contributed by atoms with Gasteiger partial charge in [0.25, 0.3) is 0 Å². The Morgan fingerprint density at radius 1 is 1.33 bits per heavy atom. The zero-order chi connectivity index (χ0) is 14.4. The predicted molar refractivity (Wildman–Crippen MR) is 89.7 cm³/mol. The van der Waals surface area contributed by atoms with Crippen molar-refractivity contribution in [3.8, 4) is 0 Å². The lowest BCUT2D eigenvalue weighted by atomic mass is 9.93. The van der Waals surface area contributed by atoms with Gasteiger partial charge in [0.05, 0.1) is 0 Å². The van der Waals surface area contributed by atoms with E-state index in [2.05, 4.69) is 36.5 Å². The molecule has 0 spiro atoms. The first-order valence-electron chi connectivity index (χ1n) is 7.65. The number of hydrogen-bond acceptors (Lipinski definition) is 2. The minimum atomic E-state index is 0. The highest BCUT2D eigenvalue weighted by Gasteiger charge is 2.16. The molecule has 21 heavy (non-hydrogen) atoms. The van der Waals surface area contributed by atoms with E-state index >= 15 is 0 Å². The summed E-state index contributed by atoms with van der Waals surface area (Å²) in [5.74, 6) is 0.998. The van der Waals surface area contributed by atoms with E-state index < -0.39 is 0 Å². The zero-order valence-electron chi connectivity index (χ0n) is 13.1. The number of carbonyl (C=O) groups excluding carboxylic acids is 1. The molecule has 1 aromatic carbocycles. The van der Waals surface area contributed by atoms with Gasteiger partial charge >= 0.3 is 0 Å². The van der Waals surface area contributed by atoms with Crippen molar-refractivity contribution < 1.29 is 4.79 Å². The van der Waals surface area contributed by atoms with Crippen LogP contribution in [0.1, 0.15) is 36.8 Å². The summed E-state index contributed by atoms with van der Waals surface area (Å²) in [6.45, 7) is 5.02. The van der Waals surface area contributed by atoms with Gasteiger partial charge in [-0.3, -0.25) is 4.79 Å². The molecule has 0 saturated carbocycles. The predicted octanol–water partition coefficient (Wildman–Crippen LogP) is 3.16. The number of aryl methyl sites for hydroxylation is 1. The third kappa shape index (κ3) is 6.06. The maximum absolute atomic E-state index is 12.2. The average Bonchev–Trinajstić information content (AvgIpc) is 2.46. The molecule has 3 nitrogen and oxygen atoms in total. The standard InChI is InChI=1S/C17H26N2O.ClH/c1-14-4-3-5-16(12-14)13-19(2)17(20)7-6-15-8-10-18-11-9-15;/h3-5,12,15,18H,6-11,13H2,1-2H3;1H. The fraction of sp³-hybridized carbons (Fsp3) is 0.588. The quantitative estimate of drug-likeness (QED) is 0.906. The van der Waals surface area contributed by atoms with Crippen LogP contribution < -0.4 is 5.32 Å². The number of hydrogen-bond donors (Lipinski definition) is 1. The normalized spacial score (nSPS) is 15.3. The summed E-state index contributed by atoms with van der Waals surface area (Å²) in [4.78, 5) is 14.0. The van der Waals surface area contributed by atoms with Crippen molar-refractivity contribution >= 4 is 18.3 Å². The Hall–Kier alpha value is -1.06. The molecule has 0 unspecified atom stereocenters. The molecule has 1 fully saturated rings. The van der Waals surface area contributed by atoms with Crippen LogP contribution in [0.3, 0.4) is 0 Å². The van der Waals surface area contributed by atoms with Crippen molar-refractivity contribution in [3.63, 3.8) is 0 Å². The van der Waals surface area contributed by atoms with Crippen molar-refractivity contribution in [2.24, 2.45) is 5.92 Å². The molecule has 4 heteroatoms. The monoisotopic (exact) mass is 310 g/mol. The van der Waals surface area contributed by atoms with E-state index in [1.54, 1.807) is 0 Å². The Morgan fingerprint density at radius 3 is 2.71 bits per heavy atom. The number of carbonyl (C=O) groups is 1. The number of piperidine rings is 1. The van der Waals surface area contributed by atoms with Crippen LogP contribution in [-0.2, 0) is 11.3 Å². The largest absolute Gasteiger partial charge is 0.341 e. The van der Waals surface area contributed by atoms with Gasteiger partial charge in [0.15, 0.2) is 0 Å². The number of rotatable bonds is 5. The highest BCUT2D eigenvalue weighted by Crippen LogP contribution is 2.18. The average molecular weight is 311 g/mol. The first kappa shape index (κ1) is 18.0. The van der Waals surface area contributed by atoms with Crippen molar-refractivity contribution in [2.75, 3.05) is 20.1 Å². The Morgan fingerprint density at radius 2 is 2.05 bits per heavy atom. The second-order valence-corrected chi connectivity index (χ2v) is 5.97. The van der Waals surface area contributed by atoms with Gasteiger partial charge in [-0.05, 0) is 50.8 Å². The maximum Gasteiger partial charge on any atom is 0.222 e. The smallest absolute Gasteiger partial charge is 0.222 e. The molecule has 2 rings (SSSR count). The minimum absolute atomic E-state index is 0. The lowest BCUT2D eigenvalue weighted by molar-refractivity contribution is -0.130. The Labute approximate surface area is 134 Å². The number of benzene rings is 1. The van der Waals surface area contributed by atoms with E-state index in [1.807, 2.05) is 11.9 Å². The molecular formula is C17H27ClN2O. The molecule has 1 saturated heterocycles. The van der Waals surface area contributed by atoms with Gasteiger partial charge in [-0.25, -0.2) is 0 Å². The van der Waals surface area contributed by atoms with Gasteiger partial charge in [-0.2, -0.15) is 0 Å². The Kier molecular flexibility index (Phi) is 7.76. The van der Waals surface area contributed by atoms with Crippen molar-refractivity contribution in [3.05, 3.63) is 35.4 Å². The lowest BCUT2D eigenvalue weighted by Gasteiger charge is -2.23. The topological polar surface area (TPSA) is 32.3 Å². The van der Waals surface area contributed by atoms with Crippen LogP contribution in [-0.4, -0.2) is 30.9 Å². The highest BCUT2D eigenvalue weighted by atomic mass is 35.5. The molecule has 1 aromatic rings. The molecule has 0 aliphatic carbocycles. The van der Waals surface area contributed by atoms with Crippen LogP contribution in [0.5, 0.6) is 0 Å². The highest BCUT2D eigenvalue weighted by molar-refractivity contribution is 5.85. The fourth-order valence-electron chi connectivity index (χ4n) is 2.86. The van der Waals surface area contributed by atoms with Crippen LogP contribution in [0.2, 0.25) is 0 Å². The van der Waals surface area contributed by atoms with Crippen LogP contribution in [0, 0.1) is 12.8 Å². The van der Waals surface area contributed by atoms with E-state index in [0.717, 1.165) is 25.4 Å². The minimum Gasteiger partial charge on any atom is -0.341 e. The van der Waals surface area contributed by atoms with Gasteiger partial charge in [0, 0.05) is 20.0 Å². The van der Waals surface area contributed by atoms with Gasteiger partial charge in [-0.1, -0.05) is 29.8 Å². The maximum atomic E-state index is 12.2. The van der Waals surface area contributed by atoms with Crippen molar-refractivity contribution in [1.29, 1.82) is 0 Å². The summed E-state index contributed by atoms with van der Waals surface area (Å²) < 4.78 is 0. The molecule has 1 heterocycles. The number of halogens is 1. The van der Waals surface area contributed by atoms with Crippen LogP contribution in [0.4, 0.5) is 0 Å². The molecule has 0 aromatic heterocycles. The van der Waals surface area contributed by atoms with E-state index in [4.69, 9.17) is 0 Å². The molecule has 1 N–H and O–H groups in total. The molecule has 1 aliphatic rings. The molecule has 0 radical (unpaired) electrons. The Balaban J connectivity index is 0.00000220. The Bertz CT molecular complexity index is 444. The summed E-state index contributed by atoms with van der Waals surface area (Å²) in [5.41, 5.74) is 2.46. The second kappa shape index (κ2) is 9.06.